The van der Waals surface area contributed by atoms with Crippen LogP contribution in [0.2, 0.25) is 0 Å². The lowest BCUT2D eigenvalue weighted by atomic mass is 10.3. The number of aromatic nitrogens is 1. The smallest absolute Gasteiger partial charge is 0.411 e. The zero-order valence-corrected chi connectivity index (χ0v) is 12.9. The predicted molar refractivity (Wildman–Crippen MR) is 85.5 cm³/mol. The first-order chi connectivity index (χ1) is 10.1. The molecule has 0 unspecified atom stereocenters. The van der Waals surface area contributed by atoms with Crippen molar-refractivity contribution in [2.45, 2.75) is 30.6 Å². The molecule has 0 aliphatic carbocycles. The number of rotatable bonds is 5. The maximum atomic E-state index is 11.7. The second-order valence-electron chi connectivity index (χ2n) is 4.75. The SMILES string of the molecule is CC(C)Sc1ccc(NC(=O)OCc2cccnc2)cc1. The molecule has 0 spiro atoms. The van der Waals surface area contributed by atoms with Crippen molar-refractivity contribution >= 4 is 23.5 Å². The number of thioether (sulfide) groups is 1. The summed E-state index contributed by atoms with van der Waals surface area (Å²) < 4.78 is 5.13. The van der Waals surface area contributed by atoms with Gasteiger partial charge in [-0.05, 0) is 30.3 Å². The number of benzene rings is 1. The normalized spacial score (nSPS) is 10.4. The van der Waals surface area contributed by atoms with Gasteiger partial charge in [-0.25, -0.2) is 4.79 Å². The van der Waals surface area contributed by atoms with Gasteiger partial charge in [-0.2, -0.15) is 0 Å². The highest BCUT2D eigenvalue weighted by molar-refractivity contribution is 7.99. The molecule has 2 aromatic rings. The van der Waals surface area contributed by atoms with Crippen LogP contribution in [0.25, 0.3) is 0 Å². The van der Waals surface area contributed by atoms with E-state index in [1.807, 2.05) is 36.4 Å². The molecule has 0 atom stereocenters. The summed E-state index contributed by atoms with van der Waals surface area (Å²) in [7, 11) is 0. The maximum Gasteiger partial charge on any atom is 0.411 e. The van der Waals surface area contributed by atoms with Crippen LogP contribution >= 0.6 is 11.8 Å². The average molecular weight is 302 g/mol. The molecule has 1 N–H and O–H groups in total. The van der Waals surface area contributed by atoms with Crippen molar-refractivity contribution in [2.24, 2.45) is 0 Å². The number of carbonyl (C=O) groups excluding carboxylic acids is 1. The molecule has 21 heavy (non-hydrogen) atoms. The number of anilines is 1. The molecule has 110 valence electrons. The fourth-order valence-corrected chi connectivity index (χ4v) is 2.51. The number of amides is 1. The molecule has 0 saturated heterocycles. The Morgan fingerprint density at radius 3 is 2.67 bits per heavy atom. The lowest BCUT2D eigenvalue weighted by Gasteiger charge is -2.08. The van der Waals surface area contributed by atoms with Crippen molar-refractivity contribution in [3.63, 3.8) is 0 Å². The van der Waals surface area contributed by atoms with Crippen molar-refractivity contribution in [1.82, 2.24) is 4.98 Å². The number of nitrogens with one attached hydrogen (secondary N) is 1. The van der Waals surface area contributed by atoms with E-state index in [0.717, 1.165) is 11.3 Å². The van der Waals surface area contributed by atoms with Crippen molar-refractivity contribution in [3.8, 4) is 0 Å². The average Bonchev–Trinajstić information content (AvgIpc) is 2.48. The molecule has 0 bridgehead atoms. The van der Waals surface area contributed by atoms with Gasteiger partial charge < -0.3 is 4.74 Å². The van der Waals surface area contributed by atoms with E-state index in [2.05, 4.69) is 24.1 Å². The molecule has 0 radical (unpaired) electrons. The van der Waals surface area contributed by atoms with E-state index in [4.69, 9.17) is 4.74 Å². The summed E-state index contributed by atoms with van der Waals surface area (Å²) in [6, 6.07) is 11.4. The largest absolute Gasteiger partial charge is 0.444 e. The zero-order chi connectivity index (χ0) is 15.1. The van der Waals surface area contributed by atoms with Crippen LogP contribution in [0.15, 0.2) is 53.7 Å². The Balaban J connectivity index is 1.82. The van der Waals surface area contributed by atoms with E-state index in [1.165, 1.54) is 4.90 Å². The standard InChI is InChI=1S/C16H18N2O2S/c1-12(2)21-15-7-5-14(6-8-15)18-16(19)20-11-13-4-3-9-17-10-13/h3-10,12H,11H2,1-2H3,(H,18,19). The summed E-state index contributed by atoms with van der Waals surface area (Å²) in [5.74, 6) is 0. The van der Waals surface area contributed by atoms with Crippen LogP contribution in [0.4, 0.5) is 10.5 Å². The molecule has 1 aromatic heterocycles. The first-order valence-corrected chi connectivity index (χ1v) is 7.61. The van der Waals surface area contributed by atoms with Crippen molar-refractivity contribution in [3.05, 3.63) is 54.4 Å². The summed E-state index contributed by atoms with van der Waals surface area (Å²) in [5, 5.41) is 3.24. The van der Waals surface area contributed by atoms with Gasteiger partial charge in [0.1, 0.15) is 6.61 Å². The first kappa shape index (κ1) is 15.4. The topological polar surface area (TPSA) is 51.2 Å². The number of hydrogen-bond donors (Lipinski definition) is 1. The number of carbonyl (C=O) groups is 1. The van der Waals surface area contributed by atoms with Gasteiger partial charge in [-0.15, -0.1) is 11.8 Å². The number of ether oxygens (including phenoxy) is 1. The van der Waals surface area contributed by atoms with Gasteiger partial charge in [0.2, 0.25) is 0 Å². The predicted octanol–water partition coefficient (Wildman–Crippen LogP) is 4.33. The molecular weight excluding hydrogens is 284 g/mol. The molecule has 5 heteroatoms. The van der Waals surface area contributed by atoms with Crippen LogP contribution < -0.4 is 5.32 Å². The number of nitrogens with zero attached hydrogens (tertiary/aromatic N) is 1. The second-order valence-corrected chi connectivity index (χ2v) is 6.40. The minimum Gasteiger partial charge on any atom is -0.444 e. The molecule has 0 fully saturated rings. The van der Waals surface area contributed by atoms with Crippen molar-refractivity contribution in [2.75, 3.05) is 5.32 Å². The molecule has 1 amide bonds. The Hall–Kier alpha value is -2.01. The zero-order valence-electron chi connectivity index (χ0n) is 12.1. The van der Waals surface area contributed by atoms with E-state index < -0.39 is 6.09 Å². The van der Waals surface area contributed by atoms with E-state index in [0.29, 0.717) is 5.25 Å². The summed E-state index contributed by atoms with van der Waals surface area (Å²) in [6.07, 6.45) is 2.88. The van der Waals surface area contributed by atoms with Gasteiger partial charge in [0, 0.05) is 33.8 Å². The Kier molecular flexibility index (Phi) is 5.63. The minimum atomic E-state index is -0.469. The molecule has 1 heterocycles. The summed E-state index contributed by atoms with van der Waals surface area (Å²) in [6.45, 7) is 4.50. The van der Waals surface area contributed by atoms with Gasteiger partial charge in [0.05, 0.1) is 0 Å². The first-order valence-electron chi connectivity index (χ1n) is 6.73. The molecule has 2 rings (SSSR count). The van der Waals surface area contributed by atoms with E-state index in [1.54, 1.807) is 24.2 Å². The molecule has 1 aromatic carbocycles. The molecule has 4 nitrogen and oxygen atoms in total. The van der Waals surface area contributed by atoms with Crippen molar-refractivity contribution < 1.29 is 9.53 Å². The lowest BCUT2D eigenvalue weighted by Crippen LogP contribution is -2.13. The Morgan fingerprint density at radius 2 is 2.05 bits per heavy atom. The number of pyridine rings is 1. The lowest BCUT2D eigenvalue weighted by molar-refractivity contribution is 0.155. The van der Waals surface area contributed by atoms with Crippen LogP contribution in [0.3, 0.4) is 0 Å². The molecular formula is C16H18N2O2S. The summed E-state index contributed by atoms with van der Waals surface area (Å²) in [5.41, 5.74) is 1.58. The molecule has 0 aliphatic heterocycles. The maximum absolute atomic E-state index is 11.7. The van der Waals surface area contributed by atoms with Gasteiger partial charge in [0.15, 0.2) is 0 Å². The monoisotopic (exact) mass is 302 g/mol. The van der Waals surface area contributed by atoms with Crippen molar-refractivity contribution in [1.29, 1.82) is 0 Å². The van der Waals surface area contributed by atoms with Gasteiger partial charge in [-0.1, -0.05) is 19.9 Å². The van der Waals surface area contributed by atoms with E-state index in [-0.39, 0.29) is 6.61 Å². The van der Waals surface area contributed by atoms with E-state index in [9.17, 15) is 4.79 Å². The molecule has 0 saturated carbocycles. The Labute approximate surface area is 128 Å². The third-order valence-electron chi connectivity index (χ3n) is 2.57. The van der Waals surface area contributed by atoms with Crippen LogP contribution in [0, 0.1) is 0 Å². The fourth-order valence-electron chi connectivity index (χ4n) is 1.68. The minimum absolute atomic E-state index is 0.209. The molecule has 0 aliphatic rings. The summed E-state index contributed by atoms with van der Waals surface area (Å²) >= 11 is 1.78. The number of hydrogen-bond acceptors (Lipinski definition) is 4. The van der Waals surface area contributed by atoms with Crippen LogP contribution in [0.5, 0.6) is 0 Å². The van der Waals surface area contributed by atoms with Gasteiger partial charge >= 0.3 is 6.09 Å². The Bertz CT molecular complexity index is 571. The second kappa shape index (κ2) is 7.69. The van der Waals surface area contributed by atoms with Crippen LogP contribution in [-0.2, 0) is 11.3 Å². The quantitative estimate of drug-likeness (QED) is 0.835. The highest BCUT2D eigenvalue weighted by Gasteiger charge is 2.04. The van der Waals surface area contributed by atoms with E-state index >= 15 is 0 Å². The third kappa shape index (κ3) is 5.47. The highest BCUT2D eigenvalue weighted by Crippen LogP contribution is 2.24. The highest BCUT2D eigenvalue weighted by atomic mass is 32.2. The van der Waals surface area contributed by atoms with Crippen LogP contribution in [0.1, 0.15) is 19.4 Å². The fraction of sp³-hybridized carbons (Fsp3) is 0.250. The van der Waals surface area contributed by atoms with Gasteiger partial charge in [-0.3, -0.25) is 10.3 Å². The third-order valence-corrected chi connectivity index (χ3v) is 3.58. The van der Waals surface area contributed by atoms with Crippen LogP contribution in [-0.4, -0.2) is 16.3 Å². The van der Waals surface area contributed by atoms with Gasteiger partial charge in [0.25, 0.3) is 0 Å². The summed E-state index contributed by atoms with van der Waals surface area (Å²) in [4.78, 5) is 16.8. The Morgan fingerprint density at radius 1 is 1.29 bits per heavy atom.